The van der Waals surface area contributed by atoms with Crippen LogP contribution in [0.5, 0.6) is 0 Å². The molecule has 8 nitrogen and oxygen atoms in total. The first kappa shape index (κ1) is 13.7. The molecule has 0 aliphatic heterocycles. The SMILES string of the molecule is Cn1cnnc1CCNS(=O)(=O)c1ccc(CN)o1. The Morgan fingerprint density at radius 2 is 2.26 bits per heavy atom. The molecule has 0 aliphatic rings. The summed E-state index contributed by atoms with van der Waals surface area (Å²) in [4.78, 5) is 0. The number of hydrogen-bond acceptors (Lipinski definition) is 6. The standard InChI is InChI=1S/C10H15N5O3S/c1-15-7-12-14-9(15)4-5-13-19(16,17)10-3-2-8(6-11)18-10/h2-3,7,13H,4-6,11H2,1H3. The average Bonchev–Trinajstić information content (AvgIpc) is 2.99. The molecular weight excluding hydrogens is 270 g/mol. The van der Waals surface area contributed by atoms with Gasteiger partial charge in [0.25, 0.3) is 10.0 Å². The van der Waals surface area contributed by atoms with Gasteiger partial charge in [-0.05, 0) is 12.1 Å². The highest BCUT2D eigenvalue weighted by Crippen LogP contribution is 2.13. The van der Waals surface area contributed by atoms with Crippen molar-refractivity contribution in [2.75, 3.05) is 6.54 Å². The van der Waals surface area contributed by atoms with Crippen LogP contribution in [0.25, 0.3) is 0 Å². The van der Waals surface area contributed by atoms with E-state index in [-0.39, 0.29) is 18.2 Å². The summed E-state index contributed by atoms with van der Waals surface area (Å²) in [6, 6.07) is 2.92. The number of nitrogens with zero attached hydrogens (tertiary/aromatic N) is 3. The summed E-state index contributed by atoms with van der Waals surface area (Å²) in [5.74, 6) is 1.12. The molecule has 0 bridgehead atoms. The highest BCUT2D eigenvalue weighted by Gasteiger charge is 2.18. The molecule has 2 heterocycles. The van der Waals surface area contributed by atoms with Gasteiger partial charge in [0.05, 0.1) is 6.54 Å². The Morgan fingerprint density at radius 1 is 1.47 bits per heavy atom. The van der Waals surface area contributed by atoms with Gasteiger partial charge in [0.1, 0.15) is 17.9 Å². The average molecular weight is 285 g/mol. The second kappa shape index (κ2) is 5.51. The van der Waals surface area contributed by atoms with Crippen LogP contribution in [0.15, 0.2) is 28.0 Å². The van der Waals surface area contributed by atoms with Gasteiger partial charge in [-0.25, -0.2) is 13.1 Å². The van der Waals surface area contributed by atoms with E-state index in [1.807, 2.05) is 0 Å². The third-order valence-corrected chi connectivity index (χ3v) is 3.88. The lowest BCUT2D eigenvalue weighted by Gasteiger charge is -2.03. The summed E-state index contributed by atoms with van der Waals surface area (Å²) < 4.78 is 33.0. The van der Waals surface area contributed by atoms with Crippen molar-refractivity contribution in [2.45, 2.75) is 18.1 Å². The Morgan fingerprint density at radius 3 is 2.84 bits per heavy atom. The second-order valence-corrected chi connectivity index (χ2v) is 5.63. The van der Waals surface area contributed by atoms with Gasteiger partial charge in [-0.2, -0.15) is 0 Å². The van der Waals surface area contributed by atoms with Crippen molar-refractivity contribution in [1.82, 2.24) is 19.5 Å². The number of hydrogen-bond donors (Lipinski definition) is 2. The Hall–Kier alpha value is -1.71. The molecule has 0 saturated heterocycles. The van der Waals surface area contributed by atoms with Crippen LogP contribution in [0.1, 0.15) is 11.6 Å². The molecule has 9 heteroatoms. The number of aromatic nitrogens is 3. The maximum atomic E-state index is 11.9. The molecule has 0 radical (unpaired) electrons. The number of furan rings is 1. The summed E-state index contributed by atoms with van der Waals surface area (Å²) in [6.45, 7) is 0.377. The van der Waals surface area contributed by atoms with Crippen LogP contribution < -0.4 is 10.5 Å². The quantitative estimate of drug-likeness (QED) is 0.731. The van der Waals surface area contributed by atoms with E-state index in [2.05, 4.69) is 14.9 Å². The maximum Gasteiger partial charge on any atom is 0.273 e. The molecule has 0 saturated carbocycles. The van der Waals surface area contributed by atoms with Crippen molar-refractivity contribution in [3.8, 4) is 0 Å². The van der Waals surface area contributed by atoms with Crippen LogP contribution in [0.4, 0.5) is 0 Å². The van der Waals surface area contributed by atoms with Crippen molar-refractivity contribution in [3.05, 3.63) is 30.0 Å². The second-order valence-electron chi connectivity index (χ2n) is 3.93. The molecule has 0 atom stereocenters. The number of nitrogens with one attached hydrogen (secondary N) is 1. The topological polar surface area (TPSA) is 116 Å². The van der Waals surface area contributed by atoms with Gasteiger partial charge >= 0.3 is 0 Å². The van der Waals surface area contributed by atoms with Crippen LogP contribution >= 0.6 is 0 Å². The minimum atomic E-state index is -3.65. The fourth-order valence-corrected chi connectivity index (χ4v) is 2.49. The van der Waals surface area contributed by atoms with E-state index in [4.69, 9.17) is 10.2 Å². The zero-order valence-electron chi connectivity index (χ0n) is 10.4. The molecule has 2 aromatic heterocycles. The number of sulfonamides is 1. The fourth-order valence-electron chi connectivity index (χ4n) is 1.51. The van der Waals surface area contributed by atoms with E-state index in [1.165, 1.54) is 12.1 Å². The van der Waals surface area contributed by atoms with E-state index < -0.39 is 10.0 Å². The molecule has 0 unspecified atom stereocenters. The fraction of sp³-hybridized carbons (Fsp3) is 0.400. The zero-order chi connectivity index (χ0) is 13.9. The maximum absolute atomic E-state index is 11.9. The predicted octanol–water partition coefficient (Wildman–Crippen LogP) is -0.612. The monoisotopic (exact) mass is 285 g/mol. The Kier molecular flexibility index (Phi) is 3.98. The van der Waals surface area contributed by atoms with Gasteiger partial charge in [0.2, 0.25) is 5.09 Å². The van der Waals surface area contributed by atoms with Crippen LogP contribution in [-0.2, 0) is 30.0 Å². The summed E-state index contributed by atoms with van der Waals surface area (Å²) in [7, 11) is -1.85. The highest BCUT2D eigenvalue weighted by atomic mass is 32.2. The molecule has 0 amide bonds. The van der Waals surface area contributed by atoms with Gasteiger partial charge in [-0.1, -0.05) is 0 Å². The molecule has 3 N–H and O–H groups in total. The van der Waals surface area contributed by atoms with Crippen molar-refractivity contribution < 1.29 is 12.8 Å². The third-order valence-electron chi connectivity index (χ3n) is 2.55. The molecule has 0 fully saturated rings. The molecule has 0 aliphatic carbocycles. The molecule has 0 aromatic carbocycles. The van der Waals surface area contributed by atoms with E-state index in [0.29, 0.717) is 18.0 Å². The lowest BCUT2D eigenvalue weighted by molar-refractivity contribution is 0.413. The highest BCUT2D eigenvalue weighted by molar-refractivity contribution is 7.89. The molecular formula is C10H15N5O3S. The van der Waals surface area contributed by atoms with Gasteiger partial charge in [0.15, 0.2) is 0 Å². The van der Waals surface area contributed by atoms with Crippen LogP contribution in [0.2, 0.25) is 0 Å². The van der Waals surface area contributed by atoms with Gasteiger partial charge in [-0.3, -0.25) is 0 Å². The number of aryl methyl sites for hydroxylation is 1. The molecule has 2 rings (SSSR count). The number of nitrogens with two attached hydrogens (primary N) is 1. The molecule has 2 aromatic rings. The van der Waals surface area contributed by atoms with Gasteiger partial charge < -0.3 is 14.7 Å². The summed E-state index contributed by atoms with van der Waals surface area (Å²) in [5.41, 5.74) is 5.36. The Labute approximate surface area is 110 Å². The van der Waals surface area contributed by atoms with E-state index in [0.717, 1.165) is 0 Å². The van der Waals surface area contributed by atoms with Crippen molar-refractivity contribution >= 4 is 10.0 Å². The van der Waals surface area contributed by atoms with Crippen LogP contribution in [-0.4, -0.2) is 29.7 Å². The third kappa shape index (κ3) is 3.19. The predicted molar refractivity (Wildman–Crippen MR) is 66.5 cm³/mol. The lowest BCUT2D eigenvalue weighted by Crippen LogP contribution is -2.26. The normalized spacial score (nSPS) is 11.9. The molecule has 104 valence electrons. The number of rotatable bonds is 6. The van der Waals surface area contributed by atoms with E-state index in [1.54, 1.807) is 17.9 Å². The first-order valence-corrected chi connectivity index (χ1v) is 7.12. The summed E-state index contributed by atoms with van der Waals surface area (Å²) in [5, 5.41) is 7.44. The van der Waals surface area contributed by atoms with Crippen molar-refractivity contribution in [3.63, 3.8) is 0 Å². The molecule has 0 spiro atoms. The lowest BCUT2D eigenvalue weighted by atomic mass is 10.4. The molecule has 19 heavy (non-hydrogen) atoms. The minimum absolute atomic E-state index is 0.133. The summed E-state index contributed by atoms with van der Waals surface area (Å²) >= 11 is 0. The first-order valence-electron chi connectivity index (χ1n) is 5.64. The minimum Gasteiger partial charge on any atom is -0.447 e. The Bertz CT molecular complexity index is 646. The van der Waals surface area contributed by atoms with Gasteiger partial charge in [-0.15, -0.1) is 10.2 Å². The Balaban J connectivity index is 1.96. The largest absolute Gasteiger partial charge is 0.447 e. The van der Waals surface area contributed by atoms with E-state index in [9.17, 15) is 8.42 Å². The summed E-state index contributed by atoms with van der Waals surface area (Å²) in [6.07, 6.45) is 2.00. The van der Waals surface area contributed by atoms with Crippen molar-refractivity contribution in [2.24, 2.45) is 12.8 Å². The van der Waals surface area contributed by atoms with Crippen molar-refractivity contribution in [1.29, 1.82) is 0 Å². The van der Waals surface area contributed by atoms with Crippen LogP contribution in [0.3, 0.4) is 0 Å². The zero-order valence-corrected chi connectivity index (χ0v) is 11.2. The van der Waals surface area contributed by atoms with E-state index >= 15 is 0 Å². The first-order chi connectivity index (χ1) is 9.03. The van der Waals surface area contributed by atoms with Gasteiger partial charge in [0, 0.05) is 20.0 Å². The smallest absolute Gasteiger partial charge is 0.273 e. The van der Waals surface area contributed by atoms with Crippen LogP contribution in [0, 0.1) is 0 Å².